The number of amides is 1. The third kappa shape index (κ3) is 3.38. The van der Waals surface area contributed by atoms with E-state index < -0.39 is 17.8 Å². The van der Waals surface area contributed by atoms with Crippen LogP contribution in [0, 0.1) is 11.8 Å². The van der Waals surface area contributed by atoms with E-state index in [-0.39, 0.29) is 22.9 Å². The highest BCUT2D eigenvalue weighted by molar-refractivity contribution is 6.30. The first kappa shape index (κ1) is 20.6. The number of rotatable bonds is 5. The second-order valence-electron chi connectivity index (χ2n) is 9.02. The van der Waals surface area contributed by atoms with E-state index in [1.165, 1.54) is 0 Å². The minimum absolute atomic E-state index is 0.118. The number of pyridine rings is 1. The Hall–Kier alpha value is -3.01. The minimum Gasteiger partial charge on any atom is -0.356 e. The SMILES string of the molecule is Cn1cnc2c1CC[C@H]2NC(=O)c1cc(Cc2ccc(N3CC4C(C3)C4(F)F)nc2Cl)no1. The zero-order valence-electron chi connectivity index (χ0n) is 17.8. The summed E-state index contributed by atoms with van der Waals surface area (Å²) < 4.78 is 34.1. The van der Waals surface area contributed by atoms with Crippen LogP contribution in [0.15, 0.2) is 29.0 Å². The van der Waals surface area contributed by atoms with Gasteiger partial charge in [0, 0.05) is 38.3 Å². The molecular weight excluding hydrogens is 454 g/mol. The molecule has 1 saturated carbocycles. The smallest absolute Gasteiger partial charge is 0.290 e. The maximum absolute atomic E-state index is 13.4. The predicted octanol–water partition coefficient (Wildman–Crippen LogP) is 3.17. The molecule has 6 rings (SSSR count). The van der Waals surface area contributed by atoms with E-state index in [1.54, 1.807) is 18.5 Å². The lowest BCUT2D eigenvalue weighted by Crippen LogP contribution is -2.28. The molecule has 3 aromatic rings. The van der Waals surface area contributed by atoms with Crippen LogP contribution in [0.5, 0.6) is 0 Å². The fourth-order valence-electron chi connectivity index (χ4n) is 5.01. The van der Waals surface area contributed by atoms with Crippen LogP contribution < -0.4 is 10.2 Å². The summed E-state index contributed by atoms with van der Waals surface area (Å²) in [5.74, 6) is -3.32. The number of nitrogens with zero attached hydrogens (tertiary/aromatic N) is 5. The summed E-state index contributed by atoms with van der Waals surface area (Å²) in [5, 5.41) is 7.23. The number of hydrogen-bond acceptors (Lipinski definition) is 6. The number of alkyl halides is 2. The zero-order chi connectivity index (χ0) is 22.9. The van der Waals surface area contributed by atoms with Gasteiger partial charge >= 0.3 is 0 Å². The molecular formula is C22H21ClF2N6O2. The van der Waals surface area contributed by atoms with Crippen molar-refractivity contribution in [2.24, 2.45) is 18.9 Å². The van der Waals surface area contributed by atoms with Gasteiger partial charge in [-0.05, 0) is 24.5 Å². The van der Waals surface area contributed by atoms with Gasteiger partial charge in [0.05, 0.1) is 35.6 Å². The Bertz CT molecular complexity index is 1240. The molecule has 1 N–H and O–H groups in total. The van der Waals surface area contributed by atoms with Crippen LogP contribution in [0.25, 0.3) is 0 Å². The number of imidazole rings is 1. The Morgan fingerprint density at radius 2 is 2.12 bits per heavy atom. The molecule has 1 saturated heterocycles. The fourth-order valence-corrected chi connectivity index (χ4v) is 5.23. The third-order valence-electron chi connectivity index (χ3n) is 6.99. The Morgan fingerprint density at radius 3 is 2.88 bits per heavy atom. The Kier molecular flexibility index (Phi) is 4.52. The molecule has 0 radical (unpaired) electrons. The van der Waals surface area contributed by atoms with E-state index in [9.17, 15) is 13.6 Å². The van der Waals surface area contributed by atoms with Crippen molar-refractivity contribution in [1.82, 2.24) is 25.0 Å². The summed E-state index contributed by atoms with van der Waals surface area (Å²) in [4.78, 5) is 23.3. The van der Waals surface area contributed by atoms with E-state index in [4.69, 9.17) is 16.1 Å². The number of carbonyl (C=O) groups is 1. The third-order valence-corrected chi connectivity index (χ3v) is 7.31. The van der Waals surface area contributed by atoms with Crippen LogP contribution >= 0.6 is 11.6 Å². The number of aromatic nitrogens is 4. The maximum Gasteiger partial charge on any atom is 0.290 e. The van der Waals surface area contributed by atoms with Gasteiger partial charge in [-0.25, -0.2) is 18.7 Å². The molecule has 3 aliphatic rings. The summed E-state index contributed by atoms with van der Waals surface area (Å²) >= 11 is 6.36. The lowest BCUT2D eigenvalue weighted by molar-refractivity contribution is 0.0796. The fraction of sp³-hybridized carbons (Fsp3) is 0.455. The van der Waals surface area contributed by atoms with E-state index in [0.717, 1.165) is 24.2 Å². The number of piperidine rings is 1. The van der Waals surface area contributed by atoms with Crippen molar-refractivity contribution in [2.45, 2.75) is 31.2 Å². The average Bonchev–Trinajstić information content (AvgIpc) is 3.41. The number of carbonyl (C=O) groups excluding carboxylic acids is 1. The summed E-state index contributed by atoms with van der Waals surface area (Å²) in [6.07, 6.45) is 3.74. The largest absolute Gasteiger partial charge is 0.356 e. The second kappa shape index (κ2) is 7.24. The van der Waals surface area contributed by atoms with Gasteiger partial charge in [-0.15, -0.1) is 0 Å². The normalized spacial score (nSPS) is 24.6. The predicted molar refractivity (Wildman–Crippen MR) is 114 cm³/mol. The van der Waals surface area contributed by atoms with E-state index in [0.29, 0.717) is 36.6 Å². The zero-order valence-corrected chi connectivity index (χ0v) is 18.5. The molecule has 8 nitrogen and oxygen atoms in total. The molecule has 2 unspecified atom stereocenters. The highest BCUT2D eigenvalue weighted by Crippen LogP contribution is 2.59. The van der Waals surface area contributed by atoms with Crippen LogP contribution in [0.2, 0.25) is 5.15 Å². The number of hydrogen-bond donors (Lipinski definition) is 1. The van der Waals surface area contributed by atoms with Crippen molar-refractivity contribution >= 4 is 23.3 Å². The van der Waals surface area contributed by atoms with E-state index in [2.05, 4.69) is 20.4 Å². The lowest BCUT2D eigenvalue weighted by atomic mass is 10.1. The van der Waals surface area contributed by atoms with Crippen LogP contribution in [-0.2, 0) is 19.9 Å². The maximum atomic E-state index is 13.4. The van der Waals surface area contributed by atoms with Crippen LogP contribution in [0.1, 0.15) is 45.7 Å². The molecule has 0 aromatic carbocycles. The number of fused-ring (bicyclic) bond motifs is 2. The molecule has 3 aromatic heterocycles. The second-order valence-corrected chi connectivity index (χ2v) is 9.38. The highest BCUT2D eigenvalue weighted by atomic mass is 35.5. The summed E-state index contributed by atoms with van der Waals surface area (Å²) in [7, 11) is 1.94. The Morgan fingerprint density at radius 1 is 1.33 bits per heavy atom. The van der Waals surface area contributed by atoms with Crippen LogP contribution in [0.3, 0.4) is 0 Å². The highest BCUT2D eigenvalue weighted by Gasteiger charge is 2.71. The summed E-state index contributed by atoms with van der Waals surface area (Å²) in [6.45, 7) is 0.589. The molecule has 11 heteroatoms. The van der Waals surface area contributed by atoms with Gasteiger partial charge in [0.15, 0.2) is 0 Å². The molecule has 172 valence electrons. The van der Waals surface area contributed by atoms with Crippen molar-refractivity contribution in [3.05, 3.63) is 58.1 Å². The first-order chi connectivity index (χ1) is 15.8. The topological polar surface area (TPSA) is 89.1 Å². The van der Waals surface area contributed by atoms with Gasteiger partial charge in [0.2, 0.25) is 5.76 Å². The van der Waals surface area contributed by atoms with Gasteiger partial charge in [0.1, 0.15) is 11.0 Å². The van der Waals surface area contributed by atoms with E-state index >= 15 is 0 Å². The first-order valence-corrected chi connectivity index (χ1v) is 11.2. The minimum atomic E-state index is -2.53. The molecule has 2 aliphatic carbocycles. The Balaban J connectivity index is 1.10. The van der Waals surface area contributed by atoms with Crippen molar-refractivity contribution < 1.29 is 18.1 Å². The van der Waals surface area contributed by atoms with Gasteiger partial charge in [-0.1, -0.05) is 22.8 Å². The Labute approximate surface area is 192 Å². The van der Waals surface area contributed by atoms with Crippen LogP contribution in [0.4, 0.5) is 14.6 Å². The molecule has 4 heterocycles. The summed E-state index contributed by atoms with van der Waals surface area (Å²) in [5.41, 5.74) is 3.28. The van der Waals surface area contributed by atoms with Gasteiger partial charge < -0.3 is 19.3 Å². The quantitative estimate of drug-likeness (QED) is 0.571. The summed E-state index contributed by atoms with van der Waals surface area (Å²) in [6, 6.07) is 5.03. The monoisotopic (exact) mass is 474 g/mol. The standard InChI is InChI=1S/C22H21ClF2N6O2/c1-30-10-26-19-15(3-4-16(19)30)27-21(32)17-7-12(29-33-17)6-11-2-5-18(28-20(11)23)31-8-13-14(9-31)22(13,24)25/h2,5,7,10,13-15H,3-4,6,8-9H2,1H3,(H,27,32)/t13?,14?,15-/m1/s1. The van der Waals surface area contributed by atoms with Crippen LogP contribution in [-0.4, -0.2) is 44.6 Å². The number of halogens is 3. The molecule has 1 amide bonds. The molecule has 0 bridgehead atoms. The number of aryl methyl sites for hydroxylation is 1. The van der Waals surface area contributed by atoms with Gasteiger partial charge in [0.25, 0.3) is 11.8 Å². The molecule has 3 atom stereocenters. The molecule has 2 fully saturated rings. The first-order valence-electron chi connectivity index (χ1n) is 10.9. The van der Waals surface area contributed by atoms with Crippen molar-refractivity contribution in [3.63, 3.8) is 0 Å². The van der Waals surface area contributed by atoms with E-state index in [1.807, 2.05) is 22.6 Å². The van der Waals surface area contributed by atoms with Crippen molar-refractivity contribution in [1.29, 1.82) is 0 Å². The van der Waals surface area contributed by atoms with Gasteiger partial charge in [-0.3, -0.25) is 4.79 Å². The molecule has 0 spiro atoms. The average molecular weight is 475 g/mol. The number of nitrogens with one attached hydrogen (secondary N) is 1. The van der Waals surface area contributed by atoms with Crippen molar-refractivity contribution in [3.8, 4) is 0 Å². The van der Waals surface area contributed by atoms with Crippen molar-refractivity contribution in [2.75, 3.05) is 18.0 Å². The lowest BCUT2D eigenvalue weighted by Gasteiger charge is -2.21. The number of anilines is 1. The molecule has 33 heavy (non-hydrogen) atoms. The molecule has 1 aliphatic heterocycles. The van der Waals surface area contributed by atoms with Gasteiger partial charge in [-0.2, -0.15) is 0 Å².